The molecule has 1 aromatic heterocycles. The summed E-state index contributed by atoms with van der Waals surface area (Å²) in [5.41, 5.74) is 2.91. The second-order valence-electron chi connectivity index (χ2n) is 7.92. The van der Waals surface area contributed by atoms with Gasteiger partial charge in [-0.1, -0.05) is 24.2 Å². The maximum Gasteiger partial charge on any atom is 0.338 e. The summed E-state index contributed by atoms with van der Waals surface area (Å²) in [6, 6.07) is 14.5. The fourth-order valence-corrected chi connectivity index (χ4v) is 4.70. The van der Waals surface area contributed by atoms with Gasteiger partial charge in [-0.3, -0.25) is 4.79 Å². The van der Waals surface area contributed by atoms with Gasteiger partial charge in [0.05, 0.1) is 22.5 Å². The van der Waals surface area contributed by atoms with E-state index >= 15 is 0 Å². The van der Waals surface area contributed by atoms with Crippen molar-refractivity contribution in [2.75, 3.05) is 18.1 Å². The lowest BCUT2D eigenvalue weighted by Crippen LogP contribution is -2.35. The first-order chi connectivity index (χ1) is 15.9. The summed E-state index contributed by atoms with van der Waals surface area (Å²) in [6.45, 7) is 6.46. The van der Waals surface area contributed by atoms with Crippen molar-refractivity contribution in [1.29, 1.82) is 0 Å². The molecule has 0 saturated carbocycles. The Labute approximate surface area is 197 Å². The Morgan fingerprint density at radius 3 is 2.64 bits per heavy atom. The maximum absolute atomic E-state index is 12.9. The van der Waals surface area contributed by atoms with Crippen LogP contribution in [0.2, 0.25) is 0 Å². The molecule has 1 unspecified atom stereocenters. The number of carbonyl (C=O) groups is 2. The van der Waals surface area contributed by atoms with Gasteiger partial charge in [0, 0.05) is 16.7 Å². The smallest absolute Gasteiger partial charge is 0.338 e. The molecule has 0 saturated heterocycles. The van der Waals surface area contributed by atoms with E-state index in [0.717, 1.165) is 34.0 Å². The van der Waals surface area contributed by atoms with Crippen molar-refractivity contribution in [1.82, 2.24) is 5.16 Å². The molecular formula is C25H26N2O5S. The average molecular weight is 467 g/mol. The van der Waals surface area contributed by atoms with Gasteiger partial charge in [0.2, 0.25) is 0 Å². The highest BCUT2D eigenvalue weighted by Gasteiger charge is 2.25. The lowest BCUT2D eigenvalue weighted by molar-refractivity contribution is -0.121. The summed E-state index contributed by atoms with van der Waals surface area (Å²) in [6.07, 6.45) is 0.869. The standard InChI is InChI=1S/C25H26N2O5S/c1-16-12-13-27(22-6-4-5-7-23(22)33-16)24(28)15-31-25(29)19-8-10-20(11-9-19)30-14-21-17(2)26-32-18(21)3/h4-11,16H,12-15H2,1-3H3. The number of thioether (sulfide) groups is 1. The third-order valence-corrected chi connectivity index (χ3v) is 6.76. The van der Waals surface area contributed by atoms with Crippen LogP contribution in [-0.4, -0.2) is 35.4 Å². The molecule has 3 aromatic rings. The normalized spacial score (nSPS) is 15.5. The van der Waals surface area contributed by atoms with Crippen molar-refractivity contribution < 1.29 is 23.6 Å². The lowest BCUT2D eigenvalue weighted by Gasteiger charge is -2.22. The van der Waals surface area contributed by atoms with Crippen LogP contribution in [0, 0.1) is 13.8 Å². The predicted molar refractivity (Wildman–Crippen MR) is 126 cm³/mol. The number of amides is 1. The van der Waals surface area contributed by atoms with E-state index in [-0.39, 0.29) is 12.5 Å². The van der Waals surface area contributed by atoms with Crippen molar-refractivity contribution in [3.8, 4) is 5.75 Å². The number of benzene rings is 2. The fourth-order valence-electron chi connectivity index (χ4n) is 3.59. The summed E-state index contributed by atoms with van der Waals surface area (Å²) in [5, 5.41) is 4.31. The molecule has 1 aliphatic heterocycles. The zero-order valence-electron chi connectivity index (χ0n) is 18.9. The van der Waals surface area contributed by atoms with Gasteiger partial charge in [0.1, 0.15) is 18.1 Å². The number of anilines is 1. The average Bonchev–Trinajstić information content (AvgIpc) is 3.03. The summed E-state index contributed by atoms with van der Waals surface area (Å²) in [5.74, 6) is 0.546. The first kappa shape index (κ1) is 22.9. The Bertz CT molecular complexity index is 1120. The van der Waals surface area contributed by atoms with E-state index in [0.29, 0.717) is 29.7 Å². The number of hydrogen-bond donors (Lipinski definition) is 0. The number of nitrogens with zero attached hydrogens (tertiary/aromatic N) is 2. The molecule has 8 heteroatoms. The monoisotopic (exact) mass is 466 g/mol. The first-order valence-corrected chi connectivity index (χ1v) is 11.7. The largest absolute Gasteiger partial charge is 0.489 e. The topological polar surface area (TPSA) is 81.9 Å². The molecule has 0 bridgehead atoms. The van der Waals surface area contributed by atoms with Crippen molar-refractivity contribution >= 4 is 29.3 Å². The van der Waals surface area contributed by atoms with Crippen LogP contribution in [0.25, 0.3) is 0 Å². The number of esters is 1. The minimum atomic E-state index is -0.550. The number of rotatable bonds is 6. The van der Waals surface area contributed by atoms with E-state index < -0.39 is 5.97 Å². The Balaban J connectivity index is 1.33. The molecule has 7 nitrogen and oxygen atoms in total. The Morgan fingerprint density at radius 1 is 1.15 bits per heavy atom. The molecule has 0 fully saturated rings. The summed E-state index contributed by atoms with van der Waals surface area (Å²) >= 11 is 1.76. The van der Waals surface area contributed by atoms with Crippen molar-refractivity contribution in [3.63, 3.8) is 0 Å². The number of hydrogen-bond acceptors (Lipinski definition) is 7. The van der Waals surface area contributed by atoms with E-state index in [9.17, 15) is 9.59 Å². The molecule has 4 rings (SSSR count). The predicted octanol–water partition coefficient (Wildman–Crippen LogP) is 4.94. The molecule has 0 aliphatic carbocycles. The number of para-hydroxylation sites is 1. The summed E-state index contributed by atoms with van der Waals surface area (Å²) in [4.78, 5) is 28.1. The van der Waals surface area contributed by atoms with E-state index in [1.807, 2.05) is 38.1 Å². The second kappa shape index (κ2) is 10.1. The Hall–Kier alpha value is -3.26. The van der Waals surface area contributed by atoms with Gasteiger partial charge in [-0.2, -0.15) is 0 Å². The Morgan fingerprint density at radius 2 is 1.91 bits per heavy atom. The van der Waals surface area contributed by atoms with Crippen LogP contribution in [-0.2, 0) is 16.1 Å². The minimum absolute atomic E-state index is 0.232. The van der Waals surface area contributed by atoms with Gasteiger partial charge in [-0.15, -0.1) is 11.8 Å². The van der Waals surface area contributed by atoms with Crippen molar-refractivity contribution in [2.45, 2.75) is 43.9 Å². The Kier molecular flexibility index (Phi) is 7.03. The van der Waals surface area contributed by atoms with Crippen molar-refractivity contribution in [3.05, 3.63) is 71.1 Å². The number of aromatic nitrogens is 1. The van der Waals surface area contributed by atoms with Crippen LogP contribution in [0.5, 0.6) is 5.75 Å². The molecule has 2 heterocycles. The van der Waals surface area contributed by atoms with Crippen LogP contribution >= 0.6 is 11.8 Å². The molecule has 33 heavy (non-hydrogen) atoms. The van der Waals surface area contributed by atoms with E-state index in [1.165, 1.54) is 0 Å². The molecule has 1 amide bonds. The highest BCUT2D eigenvalue weighted by atomic mass is 32.2. The number of ether oxygens (including phenoxy) is 2. The third-order valence-electron chi connectivity index (χ3n) is 5.53. The van der Waals surface area contributed by atoms with Crippen LogP contribution in [0.4, 0.5) is 5.69 Å². The number of fused-ring (bicyclic) bond motifs is 1. The van der Waals surface area contributed by atoms with Gasteiger partial charge in [-0.25, -0.2) is 4.79 Å². The lowest BCUT2D eigenvalue weighted by atomic mass is 10.2. The van der Waals surface area contributed by atoms with E-state index in [2.05, 4.69) is 12.1 Å². The minimum Gasteiger partial charge on any atom is -0.489 e. The van der Waals surface area contributed by atoms with Gasteiger partial charge >= 0.3 is 5.97 Å². The maximum atomic E-state index is 12.9. The molecule has 1 atom stereocenters. The van der Waals surface area contributed by atoms with Crippen LogP contribution in [0.3, 0.4) is 0 Å². The fraction of sp³-hybridized carbons (Fsp3) is 0.320. The highest BCUT2D eigenvalue weighted by Crippen LogP contribution is 2.37. The van der Waals surface area contributed by atoms with Crippen molar-refractivity contribution in [2.24, 2.45) is 0 Å². The molecule has 2 aromatic carbocycles. The SMILES string of the molecule is Cc1noc(C)c1COc1ccc(C(=O)OCC(=O)N2CCC(C)Sc3ccccc32)cc1. The van der Waals surface area contributed by atoms with Crippen LogP contribution < -0.4 is 9.64 Å². The molecule has 0 spiro atoms. The third kappa shape index (κ3) is 5.39. The van der Waals surface area contributed by atoms with Crippen LogP contribution in [0.15, 0.2) is 57.9 Å². The van der Waals surface area contributed by atoms with E-state index in [4.69, 9.17) is 14.0 Å². The zero-order valence-corrected chi connectivity index (χ0v) is 19.7. The molecule has 1 aliphatic rings. The van der Waals surface area contributed by atoms with Gasteiger partial charge in [0.15, 0.2) is 6.61 Å². The molecule has 0 N–H and O–H groups in total. The highest BCUT2D eigenvalue weighted by molar-refractivity contribution is 8.00. The number of aryl methyl sites for hydroxylation is 2. The zero-order chi connectivity index (χ0) is 23.4. The van der Waals surface area contributed by atoms with E-state index in [1.54, 1.807) is 40.9 Å². The van der Waals surface area contributed by atoms with Gasteiger partial charge < -0.3 is 18.9 Å². The molecule has 0 radical (unpaired) electrons. The number of carbonyl (C=O) groups excluding carboxylic acids is 2. The summed E-state index contributed by atoms with van der Waals surface area (Å²) in [7, 11) is 0. The van der Waals surface area contributed by atoms with Crippen LogP contribution in [0.1, 0.15) is 40.7 Å². The first-order valence-electron chi connectivity index (χ1n) is 10.8. The summed E-state index contributed by atoms with van der Waals surface area (Å²) < 4.78 is 16.2. The quantitative estimate of drug-likeness (QED) is 0.476. The molecule has 172 valence electrons. The van der Waals surface area contributed by atoms with Gasteiger partial charge in [-0.05, 0) is 56.7 Å². The second-order valence-corrected chi connectivity index (χ2v) is 9.40. The van der Waals surface area contributed by atoms with Gasteiger partial charge in [0.25, 0.3) is 5.91 Å². The molecular weight excluding hydrogens is 440 g/mol.